The van der Waals surface area contributed by atoms with E-state index in [4.69, 9.17) is 42.6 Å². The maximum atomic E-state index is 15.0. The number of benzene rings is 4. The lowest BCUT2D eigenvalue weighted by Gasteiger charge is -2.41. The lowest BCUT2D eigenvalue weighted by atomic mass is 9.90. The molecule has 1 fully saturated rings. The molecule has 1 N–H and O–H groups in total. The Labute approximate surface area is 436 Å². The van der Waals surface area contributed by atoms with Gasteiger partial charge in [0.25, 0.3) is 0 Å². The number of aromatic nitrogens is 1. The minimum Gasteiger partial charge on any atom is -0.491 e. The fourth-order valence-electron chi connectivity index (χ4n) is 8.87. The van der Waals surface area contributed by atoms with Crippen molar-refractivity contribution in [3.05, 3.63) is 137 Å². The Kier molecular flexibility index (Phi) is 22.2. The molecule has 0 aliphatic carbocycles. The third-order valence-corrected chi connectivity index (χ3v) is 11.9. The van der Waals surface area contributed by atoms with Crippen molar-refractivity contribution in [2.24, 2.45) is 0 Å². The SMILES string of the molecule is CC(C)c1c(C(=O)Cc2ccc(OCCOCCOCCOCCOCCNC(=O)OCc3ccccc3)cc2)c(-c2ccccc2)c(-c2ccc(F)cc2)n1CC[C@@H]1C[C@H](CC(=O)OC(C)(C)C)OC(C)(C)O1. The van der Waals surface area contributed by atoms with E-state index in [0.29, 0.717) is 96.7 Å². The summed E-state index contributed by atoms with van der Waals surface area (Å²) in [6.45, 7) is 18.0. The zero-order valence-electron chi connectivity index (χ0n) is 44.2. The Morgan fingerprint density at radius 1 is 0.716 bits per heavy atom. The van der Waals surface area contributed by atoms with Crippen molar-refractivity contribution < 1.29 is 61.4 Å². The van der Waals surface area contributed by atoms with Crippen LogP contribution in [-0.4, -0.2) is 112 Å². The van der Waals surface area contributed by atoms with Gasteiger partial charge in [-0.2, -0.15) is 0 Å². The van der Waals surface area contributed by atoms with Gasteiger partial charge in [0, 0.05) is 42.8 Å². The first-order valence-electron chi connectivity index (χ1n) is 25.7. The summed E-state index contributed by atoms with van der Waals surface area (Å²) in [6, 6.07) is 33.3. The second-order valence-corrected chi connectivity index (χ2v) is 19.9. The van der Waals surface area contributed by atoms with Crippen molar-refractivity contribution in [3.63, 3.8) is 0 Å². The zero-order valence-corrected chi connectivity index (χ0v) is 44.2. The molecule has 400 valence electrons. The topological polar surface area (TPSA) is 151 Å². The minimum absolute atomic E-state index is 0.0409. The first kappa shape index (κ1) is 57.3. The third kappa shape index (κ3) is 18.8. The molecule has 1 saturated heterocycles. The standard InChI is InChI=1S/C59H75FN2O12/c1-42(2)55-54(51(63)38-43-18-24-48(25-19-43)70-37-36-69-35-34-68-33-32-67-31-30-66-29-27-61-57(65)71-41-44-14-10-8-11-15-44)53(45-16-12-9-13-17-45)56(46-20-22-47(60)23-21-46)62(55)28-26-49-39-50(73-59(6,7)72-49)40-52(64)74-58(3,4)5/h8-25,42,49-50H,26-41H2,1-7H3,(H,61,65)/t49-,50-/m1/s1. The van der Waals surface area contributed by atoms with Crippen molar-refractivity contribution in [2.45, 2.75) is 117 Å². The molecule has 1 aromatic heterocycles. The summed E-state index contributed by atoms with van der Waals surface area (Å²) in [7, 11) is 0. The summed E-state index contributed by atoms with van der Waals surface area (Å²) in [5.41, 5.74) is 5.93. The van der Waals surface area contributed by atoms with E-state index in [-0.39, 0.29) is 49.0 Å². The molecule has 2 atom stereocenters. The predicted molar refractivity (Wildman–Crippen MR) is 281 cm³/mol. The second kappa shape index (κ2) is 28.7. The molecule has 0 radical (unpaired) electrons. The van der Waals surface area contributed by atoms with Crippen LogP contribution in [0.1, 0.15) is 101 Å². The van der Waals surface area contributed by atoms with E-state index >= 15 is 0 Å². The predicted octanol–water partition coefficient (Wildman–Crippen LogP) is 10.9. The molecular weight excluding hydrogens is 948 g/mol. The molecule has 6 rings (SSSR count). The molecule has 2 heterocycles. The summed E-state index contributed by atoms with van der Waals surface area (Å²) >= 11 is 0. The number of Topliss-reactive ketones (excluding diaryl/α,β-unsaturated/α-hetero) is 1. The van der Waals surface area contributed by atoms with Crippen molar-refractivity contribution in [3.8, 4) is 28.1 Å². The maximum Gasteiger partial charge on any atom is 0.407 e. The first-order chi connectivity index (χ1) is 35.5. The van der Waals surface area contributed by atoms with Crippen LogP contribution in [0.25, 0.3) is 22.4 Å². The highest BCUT2D eigenvalue weighted by molar-refractivity contribution is 6.08. The number of carbonyl (C=O) groups is 3. The number of rotatable bonds is 29. The van der Waals surface area contributed by atoms with E-state index in [1.54, 1.807) is 12.1 Å². The number of hydrogen-bond acceptors (Lipinski definition) is 12. The van der Waals surface area contributed by atoms with Gasteiger partial charge < -0.3 is 52.5 Å². The van der Waals surface area contributed by atoms with Crippen LogP contribution in [-0.2, 0) is 62.3 Å². The van der Waals surface area contributed by atoms with Gasteiger partial charge in [-0.15, -0.1) is 0 Å². The van der Waals surface area contributed by atoms with Gasteiger partial charge in [-0.3, -0.25) is 9.59 Å². The Morgan fingerprint density at radius 2 is 1.30 bits per heavy atom. The van der Waals surface area contributed by atoms with E-state index in [9.17, 15) is 18.8 Å². The zero-order chi connectivity index (χ0) is 52.9. The van der Waals surface area contributed by atoms with Gasteiger partial charge in [0.2, 0.25) is 0 Å². The van der Waals surface area contributed by atoms with Gasteiger partial charge in [0.1, 0.15) is 30.4 Å². The quantitative estimate of drug-likeness (QED) is 0.0276. The number of alkyl carbamates (subject to hydrolysis) is 1. The van der Waals surface area contributed by atoms with E-state index in [1.807, 2.05) is 120 Å². The Morgan fingerprint density at radius 3 is 1.91 bits per heavy atom. The first-order valence-corrected chi connectivity index (χ1v) is 25.7. The minimum atomic E-state index is -0.936. The summed E-state index contributed by atoms with van der Waals surface area (Å²) in [4.78, 5) is 39.7. The molecule has 0 saturated carbocycles. The number of carbonyl (C=O) groups excluding carboxylic acids is 3. The fourth-order valence-corrected chi connectivity index (χ4v) is 8.87. The Balaban J connectivity index is 0.988. The van der Waals surface area contributed by atoms with Crippen molar-refractivity contribution in [2.75, 3.05) is 66.0 Å². The smallest absolute Gasteiger partial charge is 0.407 e. The third-order valence-electron chi connectivity index (χ3n) is 11.9. The molecular formula is C59H75FN2O12. The van der Waals surface area contributed by atoms with E-state index in [2.05, 4.69) is 23.7 Å². The lowest BCUT2D eigenvalue weighted by molar-refractivity contribution is -0.301. The molecule has 5 aromatic rings. The maximum absolute atomic E-state index is 15.0. The van der Waals surface area contributed by atoms with Crippen LogP contribution in [0.3, 0.4) is 0 Å². The van der Waals surface area contributed by atoms with Crippen LogP contribution in [0.4, 0.5) is 9.18 Å². The second-order valence-electron chi connectivity index (χ2n) is 19.9. The summed E-state index contributed by atoms with van der Waals surface area (Å²) < 4.78 is 68.5. The number of ketones is 1. The number of nitrogens with one attached hydrogen (secondary N) is 1. The van der Waals surface area contributed by atoms with E-state index < -0.39 is 23.6 Å². The van der Waals surface area contributed by atoms with Crippen molar-refractivity contribution in [1.29, 1.82) is 0 Å². The van der Waals surface area contributed by atoms with Crippen LogP contribution in [0.15, 0.2) is 109 Å². The van der Waals surface area contributed by atoms with Crippen LogP contribution >= 0.6 is 0 Å². The van der Waals surface area contributed by atoms with E-state index in [1.165, 1.54) is 12.1 Å². The summed E-state index contributed by atoms with van der Waals surface area (Å²) in [6.07, 6.45) is 0.147. The van der Waals surface area contributed by atoms with Crippen LogP contribution < -0.4 is 10.1 Å². The summed E-state index contributed by atoms with van der Waals surface area (Å²) in [5.74, 6) is -1.07. The normalized spacial score (nSPS) is 15.5. The van der Waals surface area contributed by atoms with Gasteiger partial charge in [-0.25, -0.2) is 9.18 Å². The number of hydrogen-bond donors (Lipinski definition) is 1. The largest absolute Gasteiger partial charge is 0.491 e. The number of amides is 1. The summed E-state index contributed by atoms with van der Waals surface area (Å²) in [5, 5.41) is 2.65. The molecule has 0 bridgehead atoms. The molecule has 1 aliphatic heterocycles. The lowest BCUT2D eigenvalue weighted by Crippen LogP contribution is -2.46. The highest BCUT2D eigenvalue weighted by Gasteiger charge is 2.38. The van der Waals surface area contributed by atoms with Crippen molar-refractivity contribution >= 4 is 17.8 Å². The van der Waals surface area contributed by atoms with Crippen molar-refractivity contribution in [1.82, 2.24) is 9.88 Å². The van der Waals surface area contributed by atoms with Gasteiger partial charge in [-0.1, -0.05) is 86.6 Å². The molecule has 0 unspecified atom stereocenters. The molecule has 14 nitrogen and oxygen atoms in total. The Bertz CT molecular complexity index is 2490. The highest BCUT2D eigenvalue weighted by Crippen LogP contribution is 2.43. The van der Waals surface area contributed by atoms with Gasteiger partial charge >= 0.3 is 12.1 Å². The molecule has 4 aromatic carbocycles. The molecule has 0 spiro atoms. The average Bonchev–Trinajstić information content (AvgIpc) is 3.71. The number of ether oxygens (including phenoxy) is 9. The monoisotopic (exact) mass is 1020 g/mol. The van der Waals surface area contributed by atoms with Crippen LogP contribution in [0.2, 0.25) is 0 Å². The molecule has 74 heavy (non-hydrogen) atoms. The molecule has 1 amide bonds. The van der Waals surface area contributed by atoms with Crippen LogP contribution in [0.5, 0.6) is 5.75 Å². The van der Waals surface area contributed by atoms with E-state index in [0.717, 1.165) is 39.2 Å². The fraction of sp³-hybridized carbons (Fsp3) is 0.475. The molecule has 1 aliphatic rings. The number of esters is 1. The number of nitrogens with zero attached hydrogens (tertiary/aromatic N) is 1. The van der Waals surface area contributed by atoms with Gasteiger partial charge in [0.15, 0.2) is 11.6 Å². The highest BCUT2D eigenvalue weighted by atomic mass is 19.1. The molecule has 15 heteroatoms. The van der Waals surface area contributed by atoms with Crippen LogP contribution in [0, 0.1) is 5.82 Å². The van der Waals surface area contributed by atoms with Gasteiger partial charge in [-0.05, 0) is 106 Å². The number of halogens is 1. The Hall–Kier alpha value is -5.94. The average molecular weight is 1020 g/mol. The van der Waals surface area contributed by atoms with Gasteiger partial charge in [0.05, 0.1) is 77.2 Å².